The lowest BCUT2D eigenvalue weighted by atomic mass is 10.1. The molecule has 1 saturated carbocycles. The SMILES string of the molecule is Cc1oc2ncnc(NC3(C)CC3)c2c1C(=O)NCc1ccc(C(F)(F)F)cn1. The van der Waals surface area contributed by atoms with Crippen LogP contribution >= 0.6 is 0 Å². The summed E-state index contributed by atoms with van der Waals surface area (Å²) in [6, 6.07) is 2.16. The van der Waals surface area contributed by atoms with Gasteiger partial charge in [-0.2, -0.15) is 13.2 Å². The van der Waals surface area contributed by atoms with Crippen LogP contribution in [0.25, 0.3) is 11.1 Å². The summed E-state index contributed by atoms with van der Waals surface area (Å²) in [5.74, 6) is 0.453. The second-order valence-electron chi connectivity index (χ2n) is 7.34. The van der Waals surface area contributed by atoms with Crippen LogP contribution in [0.2, 0.25) is 0 Å². The maximum atomic E-state index is 12.8. The molecule has 152 valence electrons. The number of hydrogen-bond donors (Lipinski definition) is 2. The van der Waals surface area contributed by atoms with Crippen molar-refractivity contribution in [2.45, 2.75) is 44.9 Å². The number of hydrogen-bond acceptors (Lipinski definition) is 6. The molecule has 1 aliphatic rings. The largest absolute Gasteiger partial charge is 0.442 e. The number of halogens is 3. The molecular formula is C19H18F3N5O2. The van der Waals surface area contributed by atoms with Gasteiger partial charge in [0.15, 0.2) is 0 Å². The van der Waals surface area contributed by atoms with Gasteiger partial charge in [0.25, 0.3) is 5.91 Å². The van der Waals surface area contributed by atoms with Gasteiger partial charge in [0.05, 0.1) is 28.8 Å². The Labute approximate surface area is 163 Å². The van der Waals surface area contributed by atoms with Crippen molar-refractivity contribution in [3.63, 3.8) is 0 Å². The number of aryl methyl sites for hydroxylation is 1. The molecule has 1 amide bonds. The Bertz CT molecular complexity index is 1070. The van der Waals surface area contributed by atoms with Crippen LogP contribution in [0, 0.1) is 6.92 Å². The van der Waals surface area contributed by atoms with E-state index in [2.05, 4.69) is 32.5 Å². The fourth-order valence-corrected chi connectivity index (χ4v) is 2.97. The predicted molar refractivity (Wildman–Crippen MR) is 98.2 cm³/mol. The zero-order chi connectivity index (χ0) is 20.8. The van der Waals surface area contributed by atoms with Gasteiger partial charge in [-0.1, -0.05) is 0 Å². The third-order valence-electron chi connectivity index (χ3n) is 4.89. The van der Waals surface area contributed by atoms with Gasteiger partial charge in [0.1, 0.15) is 17.9 Å². The van der Waals surface area contributed by atoms with Crippen LogP contribution in [0.15, 0.2) is 29.1 Å². The second kappa shape index (κ2) is 6.71. The molecule has 0 aliphatic heterocycles. The molecule has 0 aromatic carbocycles. The van der Waals surface area contributed by atoms with Gasteiger partial charge >= 0.3 is 6.18 Å². The molecule has 1 fully saturated rings. The summed E-state index contributed by atoms with van der Waals surface area (Å²) in [5.41, 5.74) is -0.0199. The molecular weight excluding hydrogens is 387 g/mol. The van der Waals surface area contributed by atoms with Crippen molar-refractivity contribution in [3.8, 4) is 0 Å². The summed E-state index contributed by atoms with van der Waals surface area (Å²) < 4.78 is 43.5. The van der Waals surface area contributed by atoms with Crippen LogP contribution in [0.4, 0.5) is 19.0 Å². The highest BCUT2D eigenvalue weighted by Gasteiger charge is 2.38. The Morgan fingerprint density at radius 1 is 1.24 bits per heavy atom. The summed E-state index contributed by atoms with van der Waals surface area (Å²) in [6.07, 6.45) is -0.352. The number of aromatic nitrogens is 3. The molecule has 7 nitrogen and oxygen atoms in total. The van der Waals surface area contributed by atoms with Crippen LogP contribution in [-0.4, -0.2) is 26.4 Å². The molecule has 29 heavy (non-hydrogen) atoms. The van der Waals surface area contributed by atoms with E-state index in [0.29, 0.717) is 33.9 Å². The number of furan rings is 1. The third-order valence-corrected chi connectivity index (χ3v) is 4.89. The molecule has 0 bridgehead atoms. The number of alkyl halides is 3. The van der Waals surface area contributed by atoms with Crippen molar-refractivity contribution in [2.75, 3.05) is 5.32 Å². The lowest BCUT2D eigenvalue weighted by Gasteiger charge is -2.13. The van der Waals surface area contributed by atoms with E-state index < -0.39 is 17.6 Å². The Balaban J connectivity index is 1.56. The number of carbonyl (C=O) groups excluding carboxylic acids is 1. The number of nitrogens with zero attached hydrogens (tertiary/aromatic N) is 3. The summed E-state index contributed by atoms with van der Waals surface area (Å²) in [7, 11) is 0. The maximum absolute atomic E-state index is 12.8. The van der Waals surface area contributed by atoms with Gasteiger partial charge in [-0.05, 0) is 38.8 Å². The number of amides is 1. The van der Waals surface area contributed by atoms with Gasteiger partial charge in [-0.25, -0.2) is 9.97 Å². The minimum Gasteiger partial charge on any atom is -0.442 e. The van der Waals surface area contributed by atoms with E-state index in [-0.39, 0.29) is 12.1 Å². The molecule has 0 unspecified atom stereocenters. The molecule has 0 spiro atoms. The first-order valence-electron chi connectivity index (χ1n) is 8.99. The van der Waals surface area contributed by atoms with E-state index in [0.717, 1.165) is 25.1 Å². The zero-order valence-electron chi connectivity index (χ0n) is 15.7. The molecule has 3 aromatic heterocycles. The van der Waals surface area contributed by atoms with Crippen molar-refractivity contribution in [1.82, 2.24) is 20.3 Å². The first-order valence-corrected chi connectivity index (χ1v) is 8.99. The van der Waals surface area contributed by atoms with Crippen molar-refractivity contribution in [1.29, 1.82) is 0 Å². The number of pyridine rings is 1. The quantitative estimate of drug-likeness (QED) is 0.670. The van der Waals surface area contributed by atoms with Crippen LogP contribution in [0.1, 0.15) is 47.1 Å². The fourth-order valence-electron chi connectivity index (χ4n) is 2.97. The lowest BCUT2D eigenvalue weighted by Crippen LogP contribution is -2.24. The van der Waals surface area contributed by atoms with Gasteiger partial charge in [-0.15, -0.1) is 0 Å². The second-order valence-corrected chi connectivity index (χ2v) is 7.34. The number of fused-ring (bicyclic) bond motifs is 1. The highest BCUT2D eigenvalue weighted by atomic mass is 19.4. The first kappa shape index (κ1) is 19.2. The fraction of sp³-hybridized carbons (Fsp3) is 0.368. The Kier molecular flexibility index (Phi) is 4.44. The van der Waals surface area contributed by atoms with E-state index in [4.69, 9.17) is 4.42 Å². The molecule has 0 radical (unpaired) electrons. The average Bonchev–Trinajstić information content (AvgIpc) is 3.27. The van der Waals surface area contributed by atoms with Crippen LogP contribution in [0.5, 0.6) is 0 Å². The molecule has 10 heteroatoms. The van der Waals surface area contributed by atoms with E-state index in [1.807, 2.05) is 0 Å². The van der Waals surface area contributed by atoms with E-state index in [1.165, 1.54) is 12.4 Å². The highest BCUT2D eigenvalue weighted by Crippen LogP contribution is 2.40. The normalized spacial score (nSPS) is 15.3. The standard InChI is InChI=1S/C19H18F3N5O2/c1-10-13(14-15(27-18(2)5-6-18)25-9-26-17(14)29-10)16(28)24-8-12-4-3-11(7-23-12)19(20,21)22/h3-4,7,9H,5-6,8H2,1-2H3,(H,24,28)(H,25,26,27). The van der Waals surface area contributed by atoms with E-state index in [1.54, 1.807) is 6.92 Å². The van der Waals surface area contributed by atoms with Gasteiger partial charge in [-0.3, -0.25) is 9.78 Å². The van der Waals surface area contributed by atoms with E-state index >= 15 is 0 Å². The Hall–Kier alpha value is -3.17. The third kappa shape index (κ3) is 3.87. The van der Waals surface area contributed by atoms with Crippen LogP contribution < -0.4 is 10.6 Å². The molecule has 0 atom stereocenters. The molecule has 2 N–H and O–H groups in total. The van der Waals surface area contributed by atoms with Gasteiger partial charge in [0, 0.05) is 11.7 Å². The number of nitrogens with one attached hydrogen (secondary N) is 2. The Morgan fingerprint density at radius 2 is 2.00 bits per heavy atom. The first-order chi connectivity index (χ1) is 13.7. The molecule has 3 heterocycles. The summed E-state index contributed by atoms with van der Waals surface area (Å²) in [4.78, 5) is 24.9. The van der Waals surface area contributed by atoms with Crippen molar-refractivity contribution in [2.24, 2.45) is 0 Å². The van der Waals surface area contributed by atoms with Crippen LogP contribution in [-0.2, 0) is 12.7 Å². The smallest absolute Gasteiger partial charge is 0.417 e. The average molecular weight is 405 g/mol. The summed E-state index contributed by atoms with van der Waals surface area (Å²) in [6.45, 7) is 3.68. The molecule has 1 aliphatic carbocycles. The number of anilines is 1. The highest BCUT2D eigenvalue weighted by molar-refractivity contribution is 6.10. The summed E-state index contributed by atoms with van der Waals surface area (Å²) >= 11 is 0. The topological polar surface area (TPSA) is 92.9 Å². The number of carbonyl (C=O) groups is 1. The molecule has 3 aromatic rings. The minimum atomic E-state index is -4.46. The van der Waals surface area contributed by atoms with Crippen molar-refractivity contribution in [3.05, 3.63) is 47.2 Å². The van der Waals surface area contributed by atoms with Gasteiger partial charge < -0.3 is 15.1 Å². The summed E-state index contributed by atoms with van der Waals surface area (Å²) in [5, 5.41) is 6.48. The van der Waals surface area contributed by atoms with Crippen molar-refractivity contribution >= 4 is 22.8 Å². The van der Waals surface area contributed by atoms with Crippen LogP contribution in [0.3, 0.4) is 0 Å². The predicted octanol–water partition coefficient (Wildman–Crippen LogP) is 3.84. The molecule has 4 rings (SSSR count). The van der Waals surface area contributed by atoms with Gasteiger partial charge in [0.2, 0.25) is 5.71 Å². The Morgan fingerprint density at radius 3 is 2.62 bits per heavy atom. The molecule has 0 saturated heterocycles. The lowest BCUT2D eigenvalue weighted by molar-refractivity contribution is -0.137. The maximum Gasteiger partial charge on any atom is 0.417 e. The zero-order valence-corrected chi connectivity index (χ0v) is 15.7. The number of rotatable bonds is 5. The van der Waals surface area contributed by atoms with E-state index in [9.17, 15) is 18.0 Å². The van der Waals surface area contributed by atoms with Crippen molar-refractivity contribution < 1.29 is 22.4 Å². The minimum absolute atomic E-state index is 0.0305. The monoisotopic (exact) mass is 405 g/mol.